The van der Waals surface area contributed by atoms with Crippen molar-refractivity contribution in [2.45, 2.75) is 51.0 Å². The van der Waals surface area contributed by atoms with Crippen LogP contribution in [0, 0.1) is 11.8 Å². The van der Waals surface area contributed by atoms with Gasteiger partial charge in [-0.25, -0.2) is 0 Å². The van der Waals surface area contributed by atoms with Gasteiger partial charge in [0.1, 0.15) is 0 Å². The molecule has 0 aromatic rings. The molecule has 0 atom stereocenters. The summed E-state index contributed by atoms with van der Waals surface area (Å²) in [6.07, 6.45) is 8.09. The van der Waals surface area contributed by atoms with Gasteiger partial charge in [-0.3, -0.25) is 4.99 Å². The molecule has 16 heavy (non-hydrogen) atoms. The Kier molecular flexibility index (Phi) is 2.37. The summed E-state index contributed by atoms with van der Waals surface area (Å²) in [5, 5.41) is 0. The van der Waals surface area contributed by atoms with Crippen LogP contribution in [0.5, 0.6) is 0 Å². The Bertz CT molecular complexity index is 298. The summed E-state index contributed by atoms with van der Waals surface area (Å²) < 4.78 is 0. The second-order valence-corrected chi connectivity index (χ2v) is 6.14. The number of nitrogens with two attached hydrogens (primary N) is 1. The zero-order valence-electron chi connectivity index (χ0n) is 10.3. The van der Waals surface area contributed by atoms with E-state index in [1.165, 1.54) is 45.1 Å². The van der Waals surface area contributed by atoms with Crippen molar-refractivity contribution >= 4 is 5.96 Å². The van der Waals surface area contributed by atoms with Gasteiger partial charge < -0.3 is 10.6 Å². The topological polar surface area (TPSA) is 41.6 Å². The molecular weight excluding hydrogens is 198 g/mol. The van der Waals surface area contributed by atoms with Crippen molar-refractivity contribution in [3.8, 4) is 0 Å². The fourth-order valence-corrected chi connectivity index (χ4v) is 3.22. The Hall–Kier alpha value is -0.730. The molecule has 2 aliphatic carbocycles. The third-order valence-corrected chi connectivity index (χ3v) is 4.73. The minimum Gasteiger partial charge on any atom is -0.370 e. The Morgan fingerprint density at radius 3 is 2.62 bits per heavy atom. The number of hydrogen-bond acceptors (Lipinski definition) is 3. The molecule has 0 aromatic heterocycles. The highest BCUT2D eigenvalue weighted by molar-refractivity contribution is 5.81. The number of hydrogen-bond donors (Lipinski definition) is 1. The first-order valence-corrected chi connectivity index (χ1v) is 6.77. The third kappa shape index (κ3) is 1.70. The first kappa shape index (κ1) is 10.4. The summed E-state index contributed by atoms with van der Waals surface area (Å²) >= 11 is 0. The normalized spacial score (nSPS) is 39.2. The van der Waals surface area contributed by atoms with E-state index in [4.69, 9.17) is 5.73 Å². The highest BCUT2D eigenvalue weighted by Gasteiger charge is 2.45. The van der Waals surface area contributed by atoms with Crippen LogP contribution >= 0.6 is 0 Å². The summed E-state index contributed by atoms with van der Waals surface area (Å²) in [4.78, 5) is 6.98. The molecule has 0 amide bonds. The van der Waals surface area contributed by atoms with Crippen molar-refractivity contribution in [1.82, 2.24) is 4.90 Å². The van der Waals surface area contributed by atoms with Crippen LogP contribution in [0.25, 0.3) is 0 Å². The van der Waals surface area contributed by atoms with Gasteiger partial charge in [0.15, 0.2) is 5.96 Å². The molecule has 1 aliphatic heterocycles. The average molecular weight is 221 g/mol. The van der Waals surface area contributed by atoms with Crippen molar-refractivity contribution in [1.29, 1.82) is 0 Å². The third-order valence-electron chi connectivity index (χ3n) is 4.73. The molecule has 3 nitrogen and oxygen atoms in total. The zero-order valence-corrected chi connectivity index (χ0v) is 10.3. The highest BCUT2D eigenvalue weighted by atomic mass is 15.4. The standard InChI is InChI=1S/C13H23N3/c1-10-4-6-13(7-5-10)9-15-12(14)16(13)8-11-2-3-11/h10-11H,2-9H2,1H3,(H2,14,15). The summed E-state index contributed by atoms with van der Waals surface area (Å²) in [5.74, 6) is 2.62. The molecule has 0 unspecified atom stereocenters. The van der Waals surface area contributed by atoms with Crippen LogP contribution in [0.1, 0.15) is 45.4 Å². The van der Waals surface area contributed by atoms with Gasteiger partial charge in [0, 0.05) is 6.54 Å². The summed E-state index contributed by atoms with van der Waals surface area (Å²) in [5.41, 5.74) is 6.39. The number of guanidine groups is 1. The largest absolute Gasteiger partial charge is 0.370 e. The van der Waals surface area contributed by atoms with Gasteiger partial charge in [0.05, 0.1) is 12.1 Å². The van der Waals surface area contributed by atoms with Crippen molar-refractivity contribution < 1.29 is 0 Å². The fraction of sp³-hybridized carbons (Fsp3) is 0.923. The predicted molar refractivity (Wildman–Crippen MR) is 66.3 cm³/mol. The van der Waals surface area contributed by atoms with Crippen LogP contribution in [-0.2, 0) is 0 Å². The van der Waals surface area contributed by atoms with Gasteiger partial charge in [0.2, 0.25) is 0 Å². The van der Waals surface area contributed by atoms with Crippen LogP contribution in [-0.4, -0.2) is 29.5 Å². The van der Waals surface area contributed by atoms with Crippen molar-refractivity contribution in [2.75, 3.05) is 13.1 Å². The minimum absolute atomic E-state index is 0.319. The molecule has 3 aliphatic rings. The molecule has 2 N–H and O–H groups in total. The second kappa shape index (κ2) is 3.64. The molecule has 0 aromatic carbocycles. The van der Waals surface area contributed by atoms with E-state index in [0.29, 0.717) is 5.54 Å². The maximum atomic E-state index is 6.07. The van der Waals surface area contributed by atoms with E-state index in [1.54, 1.807) is 0 Å². The van der Waals surface area contributed by atoms with Crippen molar-refractivity contribution in [2.24, 2.45) is 22.6 Å². The van der Waals surface area contributed by atoms with E-state index < -0.39 is 0 Å². The van der Waals surface area contributed by atoms with Gasteiger partial charge in [-0.05, 0) is 50.4 Å². The van der Waals surface area contributed by atoms with E-state index in [0.717, 1.165) is 24.3 Å². The first-order valence-electron chi connectivity index (χ1n) is 6.77. The van der Waals surface area contributed by atoms with Crippen LogP contribution < -0.4 is 5.73 Å². The van der Waals surface area contributed by atoms with Crippen molar-refractivity contribution in [3.63, 3.8) is 0 Å². The SMILES string of the molecule is CC1CCC2(CC1)CN=C(N)N2CC1CC1. The van der Waals surface area contributed by atoms with Gasteiger partial charge in [0.25, 0.3) is 0 Å². The first-order chi connectivity index (χ1) is 7.70. The Labute approximate surface area is 98.1 Å². The Balaban J connectivity index is 1.73. The van der Waals surface area contributed by atoms with Crippen LogP contribution in [0.3, 0.4) is 0 Å². The van der Waals surface area contributed by atoms with Crippen LogP contribution in [0.2, 0.25) is 0 Å². The quantitative estimate of drug-likeness (QED) is 0.774. The Morgan fingerprint density at radius 2 is 2.00 bits per heavy atom. The molecule has 3 heteroatoms. The van der Waals surface area contributed by atoms with E-state index in [9.17, 15) is 0 Å². The van der Waals surface area contributed by atoms with E-state index in [2.05, 4.69) is 16.8 Å². The summed E-state index contributed by atoms with van der Waals surface area (Å²) in [7, 11) is 0. The zero-order chi connectivity index (χ0) is 11.2. The molecule has 0 radical (unpaired) electrons. The molecule has 3 rings (SSSR count). The second-order valence-electron chi connectivity index (χ2n) is 6.14. The molecule has 1 spiro atoms. The van der Waals surface area contributed by atoms with E-state index in [1.807, 2.05) is 0 Å². The molecule has 2 fully saturated rings. The van der Waals surface area contributed by atoms with Gasteiger partial charge in [-0.2, -0.15) is 0 Å². The van der Waals surface area contributed by atoms with Gasteiger partial charge in [-0.15, -0.1) is 0 Å². The van der Waals surface area contributed by atoms with Crippen LogP contribution in [0.4, 0.5) is 0 Å². The lowest BCUT2D eigenvalue weighted by atomic mass is 9.76. The van der Waals surface area contributed by atoms with E-state index in [-0.39, 0.29) is 0 Å². The monoisotopic (exact) mass is 221 g/mol. The summed E-state index contributed by atoms with van der Waals surface area (Å²) in [6.45, 7) is 4.50. The summed E-state index contributed by atoms with van der Waals surface area (Å²) in [6, 6.07) is 0. The van der Waals surface area contributed by atoms with Crippen LogP contribution in [0.15, 0.2) is 4.99 Å². The fourth-order valence-electron chi connectivity index (χ4n) is 3.22. The van der Waals surface area contributed by atoms with Crippen molar-refractivity contribution in [3.05, 3.63) is 0 Å². The smallest absolute Gasteiger partial charge is 0.191 e. The number of aliphatic imine (C=N–C) groups is 1. The lowest BCUT2D eigenvalue weighted by Gasteiger charge is -2.43. The maximum absolute atomic E-state index is 6.07. The lowest BCUT2D eigenvalue weighted by Crippen LogP contribution is -2.54. The molecule has 1 heterocycles. The predicted octanol–water partition coefficient (Wildman–Crippen LogP) is 1.98. The highest BCUT2D eigenvalue weighted by Crippen LogP contribution is 2.41. The van der Waals surface area contributed by atoms with E-state index >= 15 is 0 Å². The average Bonchev–Trinajstić information content (AvgIpc) is 3.04. The van der Waals surface area contributed by atoms with Gasteiger partial charge in [-0.1, -0.05) is 6.92 Å². The minimum atomic E-state index is 0.319. The molecular formula is C13H23N3. The molecule has 0 saturated heterocycles. The maximum Gasteiger partial charge on any atom is 0.191 e. The lowest BCUT2D eigenvalue weighted by molar-refractivity contribution is 0.117. The number of nitrogens with zero attached hydrogens (tertiary/aromatic N) is 2. The molecule has 2 saturated carbocycles. The van der Waals surface area contributed by atoms with Gasteiger partial charge >= 0.3 is 0 Å². The number of rotatable bonds is 2. The molecule has 0 bridgehead atoms. The Morgan fingerprint density at radius 1 is 1.31 bits per heavy atom. The molecule has 90 valence electrons.